The first-order valence-electron chi connectivity index (χ1n) is 6.81. The molecule has 1 atom stereocenters. The number of carbonyl (C=O) groups excluding carboxylic acids is 1. The molecule has 0 bridgehead atoms. The maximum atomic E-state index is 11.9. The lowest BCUT2D eigenvalue weighted by Crippen LogP contribution is -2.13. The van der Waals surface area contributed by atoms with Crippen LogP contribution in [0.4, 0.5) is 5.69 Å². The van der Waals surface area contributed by atoms with Gasteiger partial charge in [0.15, 0.2) is 0 Å². The Morgan fingerprint density at radius 1 is 1.17 bits per heavy atom. The minimum Gasteiger partial charge on any atom is -0.457 e. The van der Waals surface area contributed by atoms with Crippen molar-refractivity contribution in [3.05, 3.63) is 88.0 Å². The molecule has 0 aliphatic heterocycles. The van der Waals surface area contributed by atoms with Gasteiger partial charge in [0.05, 0.1) is 10.5 Å². The molecule has 0 radical (unpaired) electrons. The van der Waals surface area contributed by atoms with Crippen LogP contribution in [0.15, 0.2) is 66.7 Å². The van der Waals surface area contributed by atoms with Gasteiger partial charge in [-0.25, -0.2) is 4.79 Å². The van der Waals surface area contributed by atoms with Crippen molar-refractivity contribution in [3.8, 4) is 0 Å². The van der Waals surface area contributed by atoms with Crippen LogP contribution >= 0.6 is 0 Å². The highest BCUT2D eigenvalue weighted by atomic mass is 16.6. The Morgan fingerprint density at radius 2 is 1.78 bits per heavy atom. The predicted molar refractivity (Wildman–Crippen MR) is 83.4 cm³/mol. The van der Waals surface area contributed by atoms with E-state index in [9.17, 15) is 20.0 Å². The number of nitro groups is 1. The molecule has 1 N–H and O–H groups in total. The van der Waals surface area contributed by atoms with E-state index in [1.165, 1.54) is 24.3 Å². The number of benzene rings is 2. The second-order valence-corrected chi connectivity index (χ2v) is 4.84. The number of rotatable bonds is 6. The molecule has 6 heteroatoms. The highest BCUT2D eigenvalue weighted by Gasteiger charge is 2.19. The molecule has 0 unspecified atom stereocenters. The summed E-state index contributed by atoms with van der Waals surface area (Å²) in [7, 11) is 0. The summed E-state index contributed by atoms with van der Waals surface area (Å²) in [6, 6.07) is 14.3. The molecule has 2 rings (SSSR count). The summed E-state index contributed by atoms with van der Waals surface area (Å²) in [6.45, 7) is 3.51. The number of nitrogens with zero attached hydrogens (tertiary/aromatic N) is 1. The van der Waals surface area contributed by atoms with Crippen LogP contribution < -0.4 is 0 Å². The van der Waals surface area contributed by atoms with Crippen molar-refractivity contribution < 1.29 is 19.6 Å². The number of non-ortho nitro benzene ring substituents is 1. The van der Waals surface area contributed by atoms with Gasteiger partial charge in [-0.05, 0) is 23.3 Å². The number of hydrogen-bond donors (Lipinski definition) is 1. The van der Waals surface area contributed by atoms with E-state index in [1.807, 2.05) is 0 Å². The van der Waals surface area contributed by atoms with Crippen LogP contribution in [0.2, 0.25) is 0 Å². The topological polar surface area (TPSA) is 89.7 Å². The third-order valence-corrected chi connectivity index (χ3v) is 3.22. The molecule has 0 aromatic heterocycles. The quantitative estimate of drug-likeness (QED) is 0.383. The molecule has 2 aromatic carbocycles. The van der Waals surface area contributed by atoms with E-state index in [1.54, 1.807) is 30.3 Å². The van der Waals surface area contributed by atoms with Crippen LogP contribution in [0, 0.1) is 10.1 Å². The van der Waals surface area contributed by atoms with E-state index in [-0.39, 0.29) is 17.9 Å². The monoisotopic (exact) mass is 313 g/mol. The van der Waals surface area contributed by atoms with Crippen molar-refractivity contribution in [2.45, 2.75) is 12.7 Å². The minimum atomic E-state index is -1.14. The molecular weight excluding hydrogens is 298 g/mol. The second-order valence-electron chi connectivity index (χ2n) is 4.84. The summed E-state index contributed by atoms with van der Waals surface area (Å²) in [5, 5.41) is 20.6. The molecule has 0 fully saturated rings. The van der Waals surface area contributed by atoms with Crippen molar-refractivity contribution in [2.24, 2.45) is 0 Å². The van der Waals surface area contributed by atoms with Crippen LogP contribution in [0.25, 0.3) is 0 Å². The first-order valence-corrected chi connectivity index (χ1v) is 6.81. The van der Waals surface area contributed by atoms with Gasteiger partial charge in [0.1, 0.15) is 12.7 Å². The Bertz CT molecular complexity index is 710. The summed E-state index contributed by atoms with van der Waals surface area (Å²) in [4.78, 5) is 22.0. The van der Waals surface area contributed by atoms with Crippen molar-refractivity contribution in [3.63, 3.8) is 0 Å². The maximum Gasteiger partial charge on any atom is 0.336 e. The zero-order chi connectivity index (χ0) is 16.8. The molecule has 23 heavy (non-hydrogen) atoms. The van der Waals surface area contributed by atoms with Crippen molar-refractivity contribution >= 4 is 11.7 Å². The molecule has 0 aliphatic carbocycles. The highest BCUT2D eigenvalue weighted by Crippen LogP contribution is 2.21. The normalized spacial score (nSPS) is 11.5. The van der Waals surface area contributed by atoms with E-state index < -0.39 is 17.0 Å². The Labute approximate surface area is 132 Å². The van der Waals surface area contributed by atoms with Crippen LogP contribution in [0.3, 0.4) is 0 Å². The average Bonchev–Trinajstić information content (AvgIpc) is 2.59. The van der Waals surface area contributed by atoms with E-state index in [0.29, 0.717) is 11.1 Å². The Kier molecular flexibility index (Phi) is 5.22. The van der Waals surface area contributed by atoms with Gasteiger partial charge in [-0.1, -0.05) is 36.9 Å². The second kappa shape index (κ2) is 7.33. The molecule has 0 saturated carbocycles. The third-order valence-electron chi connectivity index (χ3n) is 3.22. The van der Waals surface area contributed by atoms with Crippen molar-refractivity contribution in [1.29, 1.82) is 0 Å². The van der Waals surface area contributed by atoms with Gasteiger partial charge in [-0.3, -0.25) is 10.1 Å². The molecule has 0 heterocycles. The molecule has 118 valence electrons. The van der Waals surface area contributed by atoms with E-state index in [2.05, 4.69) is 6.58 Å². The van der Waals surface area contributed by atoms with Gasteiger partial charge < -0.3 is 9.84 Å². The first-order chi connectivity index (χ1) is 11.0. The average molecular weight is 313 g/mol. The largest absolute Gasteiger partial charge is 0.457 e. The molecule has 2 aromatic rings. The van der Waals surface area contributed by atoms with E-state index in [4.69, 9.17) is 4.74 Å². The summed E-state index contributed by atoms with van der Waals surface area (Å²) < 4.78 is 5.06. The zero-order valence-electron chi connectivity index (χ0n) is 12.2. The fraction of sp³-hybridized carbons (Fsp3) is 0.118. The molecule has 0 spiro atoms. The van der Waals surface area contributed by atoms with Gasteiger partial charge in [0.2, 0.25) is 0 Å². The minimum absolute atomic E-state index is 0.0380. The summed E-state index contributed by atoms with van der Waals surface area (Å²) in [5.74, 6) is -0.722. The van der Waals surface area contributed by atoms with Crippen LogP contribution in [0.1, 0.15) is 17.2 Å². The fourth-order valence-corrected chi connectivity index (χ4v) is 1.90. The Balaban J connectivity index is 1.93. The summed E-state index contributed by atoms with van der Waals surface area (Å²) in [6.07, 6.45) is -1.14. The highest BCUT2D eigenvalue weighted by molar-refractivity contribution is 5.89. The van der Waals surface area contributed by atoms with Gasteiger partial charge in [0, 0.05) is 12.1 Å². The molecule has 6 nitrogen and oxygen atoms in total. The van der Waals surface area contributed by atoms with Gasteiger partial charge in [0.25, 0.3) is 5.69 Å². The fourth-order valence-electron chi connectivity index (χ4n) is 1.90. The number of nitro benzene ring substituents is 1. The summed E-state index contributed by atoms with van der Waals surface area (Å²) >= 11 is 0. The number of esters is 1. The smallest absolute Gasteiger partial charge is 0.336 e. The number of ether oxygens (including phenoxy) is 1. The van der Waals surface area contributed by atoms with E-state index >= 15 is 0 Å². The molecule has 0 aliphatic rings. The van der Waals surface area contributed by atoms with Crippen LogP contribution in [-0.2, 0) is 16.1 Å². The Hall–Kier alpha value is -2.99. The number of carbonyl (C=O) groups is 1. The first kappa shape index (κ1) is 16.4. The Morgan fingerprint density at radius 3 is 2.35 bits per heavy atom. The lowest BCUT2D eigenvalue weighted by molar-refractivity contribution is -0.384. The van der Waals surface area contributed by atoms with Crippen molar-refractivity contribution in [1.82, 2.24) is 0 Å². The zero-order valence-corrected chi connectivity index (χ0v) is 12.2. The van der Waals surface area contributed by atoms with Crippen LogP contribution in [-0.4, -0.2) is 16.0 Å². The van der Waals surface area contributed by atoms with Gasteiger partial charge in [-0.2, -0.15) is 0 Å². The molecule has 0 amide bonds. The van der Waals surface area contributed by atoms with Crippen molar-refractivity contribution in [2.75, 3.05) is 0 Å². The number of aliphatic hydroxyl groups excluding tert-OH is 1. The van der Waals surface area contributed by atoms with Crippen LogP contribution in [0.5, 0.6) is 0 Å². The molecule has 0 saturated heterocycles. The van der Waals surface area contributed by atoms with E-state index in [0.717, 1.165) is 0 Å². The maximum absolute atomic E-state index is 11.9. The summed E-state index contributed by atoms with van der Waals surface area (Å²) in [5.41, 5.74) is 1.04. The number of aliphatic hydroxyl groups is 1. The van der Waals surface area contributed by atoms with Gasteiger partial charge in [-0.15, -0.1) is 0 Å². The third kappa shape index (κ3) is 4.24. The molecular formula is C17H15NO5. The predicted octanol–water partition coefficient (Wildman–Crippen LogP) is 2.93. The number of hydrogen-bond acceptors (Lipinski definition) is 5. The standard InChI is InChI=1S/C17H15NO5/c1-12(16(19)14-5-3-2-4-6-14)17(20)23-11-13-7-9-15(10-8-13)18(21)22/h2-10,16,19H,1,11H2/t16-/m0/s1. The lowest BCUT2D eigenvalue weighted by Gasteiger charge is -2.13. The van der Waals surface area contributed by atoms with Gasteiger partial charge >= 0.3 is 5.97 Å². The SMILES string of the molecule is C=C(C(=O)OCc1ccc([N+](=O)[O-])cc1)[C@H](O)c1ccccc1. The lowest BCUT2D eigenvalue weighted by atomic mass is 10.0.